The molecule has 0 radical (unpaired) electrons. The van der Waals surface area contributed by atoms with E-state index in [0.717, 1.165) is 17.7 Å². The molecule has 0 fully saturated rings. The molecule has 1 N–H and O–H groups in total. The van der Waals surface area contributed by atoms with Gasteiger partial charge in [-0.25, -0.2) is 9.78 Å². The summed E-state index contributed by atoms with van der Waals surface area (Å²) in [5, 5.41) is 2.94. The zero-order valence-corrected chi connectivity index (χ0v) is 14.2. The molecule has 0 atom stereocenters. The number of anilines is 1. The van der Waals surface area contributed by atoms with Crippen molar-refractivity contribution in [2.45, 2.75) is 6.42 Å². The first-order valence-electron chi connectivity index (χ1n) is 8.32. The standard InChI is InChI=1S/C21H21N3O/c1-24(21(25)22-16-15-17-9-4-2-5-10-17)20-14-8-13-19(23-20)18-11-6-3-7-12-18/h2-14H,15-16H2,1H3,(H,22,25). The Balaban J connectivity index is 1.62. The SMILES string of the molecule is CN(C(=O)NCCc1ccccc1)c1cccc(-c2ccccc2)n1. The van der Waals surface area contributed by atoms with Crippen LogP contribution in [0.2, 0.25) is 0 Å². The van der Waals surface area contributed by atoms with Crippen molar-refractivity contribution in [3.63, 3.8) is 0 Å². The Morgan fingerprint density at radius 2 is 1.60 bits per heavy atom. The van der Waals surface area contributed by atoms with E-state index in [1.807, 2.05) is 66.7 Å². The Labute approximate surface area is 148 Å². The van der Waals surface area contributed by atoms with Gasteiger partial charge in [0.1, 0.15) is 5.82 Å². The Kier molecular flexibility index (Phi) is 5.42. The van der Waals surface area contributed by atoms with Gasteiger partial charge in [-0.1, -0.05) is 66.7 Å². The van der Waals surface area contributed by atoms with Gasteiger partial charge in [0.15, 0.2) is 0 Å². The number of hydrogen-bond acceptors (Lipinski definition) is 2. The average Bonchev–Trinajstić information content (AvgIpc) is 2.69. The van der Waals surface area contributed by atoms with E-state index >= 15 is 0 Å². The zero-order valence-electron chi connectivity index (χ0n) is 14.2. The number of benzene rings is 2. The molecule has 0 unspecified atom stereocenters. The molecule has 0 aliphatic rings. The minimum absolute atomic E-state index is 0.159. The lowest BCUT2D eigenvalue weighted by Gasteiger charge is -2.18. The van der Waals surface area contributed by atoms with Crippen LogP contribution in [0.1, 0.15) is 5.56 Å². The van der Waals surface area contributed by atoms with Gasteiger partial charge in [0.25, 0.3) is 0 Å². The highest BCUT2D eigenvalue weighted by Gasteiger charge is 2.12. The normalized spacial score (nSPS) is 10.3. The fourth-order valence-corrected chi connectivity index (χ4v) is 2.56. The van der Waals surface area contributed by atoms with Gasteiger partial charge < -0.3 is 5.32 Å². The number of rotatable bonds is 5. The molecular weight excluding hydrogens is 310 g/mol. The third-order valence-electron chi connectivity index (χ3n) is 3.98. The van der Waals surface area contributed by atoms with Crippen molar-refractivity contribution < 1.29 is 4.79 Å². The molecule has 25 heavy (non-hydrogen) atoms. The van der Waals surface area contributed by atoms with Crippen LogP contribution in [0, 0.1) is 0 Å². The van der Waals surface area contributed by atoms with Gasteiger partial charge in [-0.2, -0.15) is 0 Å². The molecule has 0 saturated carbocycles. The van der Waals surface area contributed by atoms with Gasteiger partial charge in [-0.3, -0.25) is 4.90 Å². The van der Waals surface area contributed by atoms with Gasteiger partial charge >= 0.3 is 6.03 Å². The van der Waals surface area contributed by atoms with E-state index in [-0.39, 0.29) is 6.03 Å². The summed E-state index contributed by atoms with van der Waals surface area (Å²) in [4.78, 5) is 18.5. The van der Waals surface area contributed by atoms with Gasteiger partial charge in [0.2, 0.25) is 0 Å². The first-order chi connectivity index (χ1) is 12.2. The van der Waals surface area contributed by atoms with Crippen LogP contribution in [-0.4, -0.2) is 24.6 Å². The molecule has 2 aromatic carbocycles. The molecule has 0 bridgehead atoms. The molecule has 4 nitrogen and oxygen atoms in total. The van der Waals surface area contributed by atoms with Crippen molar-refractivity contribution in [1.29, 1.82) is 0 Å². The maximum absolute atomic E-state index is 12.4. The number of urea groups is 1. The quantitative estimate of drug-likeness (QED) is 0.764. The minimum atomic E-state index is -0.159. The summed E-state index contributed by atoms with van der Waals surface area (Å²) in [6, 6.07) is 25.6. The molecule has 0 aliphatic carbocycles. The number of carbonyl (C=O) groups is 1. The third-order valence-corrected chi connectivity index (χ3v) is 3.98. The number of pyridine rings is 1. The molecule has 126 valence electrons. The van der Waals surface area contributed by atoms with Crippen LogP contribution in [0.5, 0.6) is 0 Å². The summed E-state index contributed by atoms with van der Waals surface area (Å²) >= 11 is 0. The second-order valence-electron chi connectivity index (χ2n) is 5.77. The summed E-state index contributed by atoms with van der Waals surface area (Å²) in [5.41, 5.74) is 3.08. The molecule has 1 aromatic heterocycles. The van der Waals surface area contributed by atoms with E-state index in [2.05, 4.69) is 22.4 Å². The Hall–Kier alpha value is -3.14. The molecule has 3 aromatic rings. The summed E-state index contributed by atoms with van der Waals surface area (Å²) in [7, 11) is 1.73. The van der Waals surface area contributed by atoms with Gasteiger partial charge in [0.05, 0.1) is 5.69 Å². The van der Waals surface area contributed by atoms with Crippen molar-refractivity contribution in [1.82, 2.24) is 10.3 Å². The van der Waals surface area contributed by atoms with Crippen molar-refractivity contribution in [2.24, 2.45) is 0 Å². The molecule has 0 aliphatic heterocycles. The minimum Gasteiger partial charge on any atom is -0.337 e. The molecule has 0 saturated heterocycles. The summed E-state index contributed by atoms with van der Waals surface area (Å²) in [5.74, 6) is 0.624. The highest BCUT2D eigenvalue weighted by molar-refractivity contribution is 5.90. The molecule has 4 heteroatoms. The molecule has 3 rings (SSSR count). The van der Waals surface area contributed by atoms with Crippen LogP contribution in [0.25, 0.3) is 11.3 Å². The van der Waals surface area contributed by atoms with Crippen LogP contribution in [0.4, 0.5) is 10.6 Å². The van der Waals surface area contributed by atoms with E-state index in [1.54, 1.807) is 7.05 Å². The van der Waals surface area contributed by atoms with Gasteiger partial charge in [-0.15, -0.1) is 0 Å². The van der Waals surface area contributed by atoms with Gasteiger partial charge in [0, 0.05) is 19.2 Å². The monoisotopic (exact) mass is 331 g/mol. The topological polar surface area (TPSA) is 45.2 Å². The van der Waals surface area contributed by atoms with Crippen molar-refractivity contribution in [2.75, 3.05) is 18.5 Å². The van der Waals surface area contributed by atoms with Crippen LogP contribution in [-0.2, 0) is 6.42 Å². The Morgan fingerprint density at radius 3 is 2.32 bits per heavy atom. The lowest BCUT2D eigenvalue weighted by Crippen LogP contribution is -2.38. The lowest BCUT2D eigenvalue weighted by atomic mass is 10.1. The predicted molar refractivity (Wildman–Crippen MR) is 102 cm³/mol. The van der Waals surface area contributed by atoms with E-state index < -0.39 is 0 Å². The number of hydrogen-bond donors (Lipinski definition) is 1. The van der Waals surface area contributed by atoms with Crippen molar-refractivity contribution >= 4 is 11.8 Å². The molecule has 1 heterocycles. The van der Waals surface area contributed by atoms with E-state index in [0.29, 0.717) is 12.4 Å². The fraction of sp³-hybridized carbons (Fsp3) is 0.143. The van der Waals surface area contributed by atoms with E-state index in [1.165, 1.54) is 10.5 Å². The number of nitrogens with zero attached hydrogens (tertiary/aromatic N) is 2. The highest BCUT2D eigenvalue weighted by Crippen LogP contribution is 2.19. The summed E-state index contributed by atoms with van der Waals surface area (Å²) in [6.07, 6.45) is 0.803. The number of carbonyl (C=O) groups excluding carboxylic acids is 1. The van der Waals surface area contributed by atoms with Gasteiger partial charge in [-0.05, 0) is 24.1 Å². The lowest BCUT2D eigenvalue weighted by molar-refractivity contribution is 0.247. The molecular formula is C21H21N3O. The predicted octanol–water partition coefficient (Wildman–Crippen LogP) is 4.14. The zero-order chi connectivity index (χ0) is 17.5. The summed E-state index contributed by atoms with van der Waals surface area (Å²) < 4.78 is 0. The Bertz CT molecular complexity index is 819. The van der Waals surface area contributed by atoms with Crippen molar-refractivity contribution in [3.05, 3.63) is 84.4 Å². The molecule has 0 spiro atoms. The number of nitrogens with one attached hydrogen (secondary N) is 1. The van der Waals surface area contributed by atoms with Crippen LogP contribution in [0.15, 0.2) is 78.9 Å². The maximum Gasteiger partial charge on any atom is 0.322 e. The molecule has 2 amide bonds. The third kappa shape index (κ3) is 4.44. The smallest absolute Gasteiger partial charge is 0.322 e. The fourth-order valence-electron chi connectivity index (χ4n) is 2.56. The first-order valence-corrected chi connectivity index (χ1v) is 8.32. The first kappa shape index (κ1) is 16.7. The highest BCUT2D eigenvalue weighted by atomic mass is 16.2. The maximum atomic E-state index is 12.4. The number of amides is 2. The largest absolute Gasteiger partial charge is 0.337 e. The Morgan fingerprint density at radius 1 is 0.920 bits per heavy atom. The van der Waals surface area contributed by atoms with Crippen LogP contribution in [0.3, 0.4) is 0 Å². The second-order valence-corrected chi connectivity index (χ2v) is 5.77. The van der Waals surface area contributed by atoms with Crippen LogP contribution < -0.4 is 10.2 Å². The van der Waals surface area contributed by atoms with Crippen molar-refractivity contribution in [3.8, 4) is 11.3 Å². The average molecular weight is 331 g/mol. The van der Waals surface area contributed by atoms with E-state index in [9.17, 15) is 4.79 Å². The summed E-state index contributed by atoms with van der Waals surface area (Å²) in [6.45, 7) is 0.589. The number of aromatic nitrogens is 1. The van der Waals surface area contributed by atoms with Crippen LogP contribution >= 0.6 is 0 Å². The second kappa shape index (κ2) is 8.11. The van der Waals surface area contributed by atoms with E-state index in [4.69, 9.17) is 0 Å².